The van der Waals surface area contributed by atoms with Crippen LogP contribution in [0.2, 0.25) is 5.02 Å². The third-order valence-corrected chi connectivity index (χ3v) is 7.54. The van der Waals surface area contributed by atoms with Gasteiger partial charge in [0.2, 0.25) is 0 Å². The molecule has 34 heavy (non-hydrogen) atoms. The number of halogens is 2. The molecule has 0 aliphatic carbocycles. The van der Waals surface area contributed by atoms with Crippen molar-refractivity contribution in [3.05, 3.63) is 105 Å². The molecule has 1 saturated heterocycles. The average molecular weight is 507 g/mol. The highest BCUT2D eigenvalue weighted by atomic mass is 35.5. The van der Waals surface area contributed by atoms with Crippen molar-refractivity contribution in [1.82, 2.24) is 4.57 Å². The molecule has 7 heteroatoms. The number of hydrogen-bond acceptors (Lipinski definition) is 3. The number of benzene rings is 3. The van der Waals surface area contributed by atoms with Gasteiger partial charge in [-0.05, 0) is 49.8 Å². The van der Waals surface area contributed by atoms with Crippen LogP contribution in [0.1, 0.15) is 22.3 Å². The first-order valence-corrected chi connectivity index (χ1v) is 12.3. The highest BCUT2D eigenvalue weighted by Crippen LogP contribution is 2.38. The van der Waals surface area contributed by atoms with Gasteiger partial charge in [0, 0.05) is 33.2 Å². The maximum atomic E-state index is 14.4. The number of anilines is 1. The van der Waals surface area contributed by atoms with Crippen molar-refractivity contribution < 1.29 is 9.18 Å². The summed E-state index contributed by atoms with van der Waals surface area (Å²) in [6.07, 6.45) is 3.79. The van der Waals surface area contributed by atoms with E-state index in [0.29, 0.717) is 19.8 Å². The largest absolute Gasteiger partial charge is 0.342 e. The fourth-order valence-electron chi connectivity index (χ4n) is 4.25. The molecular formula is C27H20ClFN2OS2. The standard InChI is InChI=1S/C27H20ClFN2OS2/c1-16-10-11-23(17(2)12-16)31-26(32)25(34-27(31)33)13-18-14-30(24-9-4-3-6-19(18)24)15-20-21(28)7-5-8-22(20)29/h3-14H,15H2,1-2H3/b25-13-. The van der Waals surface area contributed by atoms with E-state index in [2.05, 4.69) is 0 Å². The highest BCUT2D eigenvalue weighted by Gasteiger charge is 2.34. The molecule has 1 aromatic heterocycles. The number of thioether (sulfide) groups is 1. The zero-order valence-electron chi connectivity index (χ0n) is 18.5. The van der Waals surface area contributed by atoms with Crippen LogP contribution in [0.15, 0.2) is 71.8 Å². The second kappa shape index (κ2) is 9.02. The van der Waals surface area contributed by atoms with Crippen LogP contribution >= 0.6 is 35.6 Å². The molecule has 2 heterocycles. The van der Waals surface area contributed by atoms with Crippen LogP contribution in [-0.2, 0) is 11.3 Å². The Labute approximate surface area is 211 Å². The molecule has 0 unspecified atom stereocenters. The third-order valence-electron chi connectivity index (χ3n) is 5.88. The van der Waals surface area contributed by atoms with Crippen LogP contribution in [0.4, 0.5) is 10.1 Å². The van der Waals surface area contributed by atoms with Gasteiger partial charge in [-0.3, -0.25) is 9.69 Å². The first-order valence-electron chi connectivity index (χ1n) is 10.7. The van der Waals surface area contributed by atoms with Crippen LogP contribution in [-0.4, -0.2) is 14.8 Å². The molecule has 1 amide bonds. The Bertz CT molecular complexity index is 1490. The summed E-state index contributed by atoms with van der Waals surface area (Å²) in [5.41, 5.74) is 5.15. The number of para-hydroxylation sites is 1. The summed E-state index contributed by atoms with van der Waals surface area (Å²) in [7, 11) is 0. The molecule has 1 aliphatic rings. The van der Waals surface area contributed by atoms with Gasteiger partial charge in [-0.1, -0.05) is 77.5 Å². The smallest absolute Gasteiger partial charge is 0.270 e. The minimum Gasteiger partial charge on any atom is -0.342 e. The number of carbonyl (C=O) groups is 1. The first-order chi connectivity index (χ1) is 16.3. The molecule has 0 saturated carbocycles. The van der Waals surface area contributed by atoms with Gasteiger partial charge < -0.3 is 4.57 Å². The molecule has 1 aliphatic heterocycles. The molecule has 0 N–H and O–H groups in total. The van der Waals surface area contributed by atoms with Gasteiger partial charge in [-0.2, -0.15) is 0 Å². The predicted molar refractivity (Wildman–Crippen MR) is 144 cm³/mol. The molecule has 5 rings (SSSR count). The van der Waals surface area contributed by atoms with Crippen molar-refractivity contribution in [1.29, 1.82) is 0 Å². The lowest BCUT2D eigenvalue weighted by Crippen LogP contribution is -2.28. The zero-order chi connectivity index (χ0) is 24.0. The van der Waals surface area contributed by atoms with Crippen molar-refractivity contribution in [2.24, 2.45) is 0 Å². The van der Waals surface area contributed by atoms with E-state index in [9.17, 15) is 9.18 Å². The van der Waals surface area contributed by atoms with Gasteiger partial charge in [0.1, 0.15) is 5.82 Å². The average Bonchev–Trinajstić information content (AvgIpc) is 3.28. The lowest BCUT2D eigenvalue weighted by molar-refractivity contribution is -0.113. The van der Waals surface area contributed by atoms with Gasteiger partial charge in [-0.25, -0.2) is 4.39 Å². The molecule has 4 aromatic rings. The molecule has 3 nitrogen and oxygen atoms in total. The minimum absolute atomic E-state index is 0.143. The molecule has 0 atom stereocenters. The number of thiocarbonyl (C=S) groups is 1. The Morgan fingerprint density at radius 3 is 2.65 bits per heavy atom. The van der Waals surface area contributed by atoms with Crippen LogP contribution in [0.25, 0.3) is 17.0 Å². The van der Waals surface area contributed by atoms with E-state index in [-0.39, 0.29) is 18.3 Å². The molecule has 0 spiro atoms. The number of hydrogen-bond donors (Lipinski definition) is 0. The van der Waals surface area contributed by atoms with E-state index in [4.69, 9.17) is 23.8 Å². The van der Waals surface area contributed by atoms with E-state index in [1.54, 1.807) is 17.0 Å². The van der Waals surface area contributed by atoms with Gasteiger partial charge >= 0.3 is 0 Å². The third kappa shape index (κ3) is 4.06. The Kier molecular flexibility index (Phi) is 6.06. The Hall–Kier alpha value is -2.93. The van der Waals surface area contributed by atoms with Crippen LogP contribution in [0.3, 0.4) is 0 Å². The quantitative estimate of drug-likeness (QED) is 0.211. The summed E-state index contributed by atoms with van der Waals surface area (Å²) < 4.78 is 16.9. The highest BCUT2D eigenvalue weighted by molar-refractivity contribution is 8.27. The van der Waals surface area contributed by atoms with Gasteiger partial charge in [-0.15, -0.1) is 0 Å². The second-order valence-electron chi connectivity index (χ2n) is 8.24. The molecule has 1 fully saturated rings. The van der Waals surface area contributed by atoms with E-state index in [1.807, 2.05) is 73.2 Å². The Morgan fingerprint density at radius 2 is 1.88 bits per heavy atom. The molecule has 0 bridgehead atoms. The fraction of sp³-hybridized carbons (Fsp3) is 0.111. The zero-order valence-corrected chi connectivity index (χ0v) is 20.9. The lowest BCUT2D eigenvalue weighted by atomic mass is 10.1. The van der Waals surface area contributed by atoms with Crippen molar-refractivity contribution in [2.45, 2.75) is 20.4 Å². The summed E-state index contributed by atoms with van der Waals surface area (Å²) in [5, 5.41) is 1.35. The summed E-state index contributed by atoms with van der Waals surface area (Å²) in [5.74, 6) is -0.489. The van der Waals surface area contributed by atoms with Crippen molar-refractivity contribution >= 4 is 68.5 Å². The van der Waals surface area contributed by atoms with E-state index in [0.717, 1.165) is 33.3 Å². The summed E-state index contributed by atoms with van der Waals surface area (Å²) >= 11 is 13.1. The van der Waals surface area contributed by atoms with Crippen molar-refractivity contribution in [3.8, 4) is 0 Å². The van der Waals surface area contributed by atoms with Gasteiger partial charge in [0.05, 0.1) is 17.1 Å². The number of nitrogens with zero attached hydrogens (tertiary/aromatic N) is 2. The summed E-state index contributed by atoms with van der Waals surface area (Å²) in [6, 6.07) is 18.5. The van der Waals surface area contributed by atoms with Crippen LogP contribution < -0.4 is 4.90 Å². The predicted octanol–water partition coefficient (Wildman–Crippen LogP) is 7.50. The monoisotopic (exact) mass is 506 g/mol. The Balaban J connectivity index is 1.55. The van der Waals surface area contributed by atoms with Gasteiger partial charge in [0.15, 0.2) is 4.32 Å². The molecule has 3 aromatic carbocycles. The summed E-state index contributed by atoms with van der Waals surface area (Å²) in [6.45, 7) is 4.28. The number of amides is 1. The minimum atomic E-state index is -0.346. The first kappa shape index (κ1) is 22.8. The molecule has 0 radical (unpaired) electrons. The van der Waals surface area contributed by atoms with Crippen molar-refractivity contribution in [3.63, 3.8) is 0 Å². The maximum Gasteiger partial charge on any atom is 0.270 e. The van der Waals surface area contributed by atoms with E-state index in [1.165, 1.54) is 17.8 Å². The second-order valence-corrected chi connectivity index (χ2v) is 10.3. The van der Waals surface area contributed by atoms with E-state index < -0.39 is 0 Å². The number of aryl methyl sites for hydroxylation is 2. The van der Waals surface area contributed by atoms with Crippen molar-refractivity contribution in [2.75, 3.05) is 4.90 Å². The topological polar surface area (TPSA) is 25.2 Å². The summed E-state index contributed by atoms with van der Waals surface area (Å²) in [4.78, 5) is 15.5. The molecular weight excluding hydrogens is 487 g/mol. The van der Waals surface area contributed by atoms with Crippen LogP contribution in [0.5, 0.6) is 0 Å². The molecule has 170 valence electrons. The maximum absolute atomic E-state index is 14.4. The Morgan fingerprint density at radius 1 is 1.09 bits per heavy atom. The normalized spacial score (nSPS) is 15.2. The number of fused-ring (bicyclic) bond motifs is 1. The van der Waals surface area contributed by atoms with Gasteiger partial charge in [0.25, 0.3) is 5.91 Å². The fourth-order valence-corrected chi connectivity index (χ4v) is 5.75. The number of aromatic nitrogens is 1. The van der Waals surface area contributed by atoms with E-state index >= 15 is 0 Å². The van der Waals surface area contributed by atoms with Crippen LogP contribution in [0, 0.1) is 19.7 Å². The lowest BCUT2D eigenvalue weighted by Gasteiger charge is -2.17. The number of carbonyl (C=O) groups excluding carboxylic acids is 1. The number of rotatable bonds is 4. The SMILES string of the molecule is Cc1ccc(N2C(=O)/C(=C/c3cn(Cc4c(F)cccc4Cl)c4ccccc34)SC2=S)c(C)c1.